The lowest BCUT2D eigenvalue weighted by molar-refractivity contribution is -0.129. The van der Waals surface area contributed by atoms with Crippen LogP contribution < -0.4 is 19.5 Å². The molecule has 2 unspecified atom stereocenters. The lowest BCUT2D eigenvalue weighted by atomic mass is 9.74. The Balaban J connectivity index is 1.47. The standard InChI is InChI=1S/C25H22ClN3O7/c1-11-7-14(27-13-5-6-16(30)15(8-13)24-29-28-12(2)35-24)9-19(31)25(11)23(32)20-17(33-3)10-18(34-4)21(26)22(20)36-25/h5-6,8-11,27,30H,7H2,1-4H3. The minimum atomic E-state index is -1.77. The first-order valence-electron chi connectivity index (χ1n) is 11.0. The summed E-state index contributed by atoms with van der Waals surface area (Å²) in [4.78, 5) is 27.1. The van der Waals surface area contributed by atoms with Crippen LogP contribution in [-0.2, 0) is 4.79 Å². The van der Waals surface area contributed by atoms with Crippen molar-refractivity contribution in [2.75, 3.05) is 19.5 Å². The number of aryl methyl sites for hydroxylation is 1. The number of ketones is 2. The van der Waals surface area contributed by atoms with Crippen LogP contribution in [0.3, 0.4) is 0 Å². The van der Waals surface area contributed by atoms with E-state index in [0.717, 1.165) is 0 Å². The summed E-state index contributed by atoms with van der Waals surface area (Å²) in [7, 11) is 2.85. The fourth-order valence-corrected chi connectivity index (χ4v) is 4.86. The summed E-state index contributed by atoms with van der Waals surface area (Å²) < 4.78 is 22.1. The van der Waals surface area contributed by atoms with Gasteiger partial charge in [-0.25, -0.2) is 0 Å². The van der Waals surface area contributed by atoms with Crippen LogP contribution in [0.4, 0.5) is 5.69 Å². The fourth-order valence-electron chi connectivity index (χ4n) is 4.59. The van der Waals surface area contributed by atoms with E-state index in [-0.39, 0.29) is 39.5 Å². The number of hydrogen-bond donors (Lipinski definition) is 2. The second kappa shape index (κ2) is 8.56. The third-order valence-corrected chi connectivity index (χ3v) is 6.73. The number of nitrogens with one attached hydrogen (secondary N) is 1. The number of benzene rings is 2. The molecule has 1 aliphatic carbocycles. The van der Waals surface area contributed by atoms with E-state index < -0.39 is 23.1 Å². The van der Waals surface area contributed by atoms with Crippen LogP contribution in [0.1, 0.15) is 29.6 Å². The molecular formula is C25H22ClN3O7. The van der Waals surface area contributed by atoms with Gasteiger partial charge >= 0.3 is 0 Å². The Bertz CT molecular complexity index is 1450. The van der Waals surface area contributed by atoms with E-state index in [9.17, 15) is 14.7 Å². The zero-order valence-corrected chi connectivity index (χ0v) is 20.6. The number of phenolic OH excluding ortho intramolecular Hbond substituents is 1. The highest BCUT2D eigenvalue weighted by atomic mass is 35.5. The zero-order valence-electron chi connectivity index (χ0n) is 19.8. The molecule has 1 spiro atoms. The largest absolute Gasteiger partial charge is 0.507 e. The zero-order chi connectivity index (χ0) is 25.8. The first-order chi connectivity index (χ1) is 17.2. The van der Waals surface area contributed by atoms with Gasteiger partial charge in [0.1, 0.15) is 27.8 Å². The number of carbonyl (C=O) groups is 2. The fraction of sp³-hybridized carbons (Fsp3) is 0.280. The maximum atomic E-state index is 13.6. The van der Waals surface area contributed by atoms with Gasteiger partial charge in [0.25, 0.3) is 5.89 Å². The van der Waals surface area contributed by atoms with Gasteiger partial charge < -0.3 is 29.1 Å². The van der Waals surface area contributed by atoms with Gasteiger partial charge in [0, 0.05) is 36.4 Å². The van der Waals surface area contributed by atoms with E-state index in [1.54, 1.807) is 26.0 Å². The average molecular weight is 512 g/mol. The Morgan fingerprint density at radius 2 is 1.92 bits per heavy atom. The van der Waals surface area contributed by atoms with Gasteiger partial charge in [-0.3, -0.25) is 9.59 Å². The van der Waals surface area contributed by atoms with E-state index in [0.29, 0.717) is 29.3 Å². The Hall–Kier alpha value is -4.05. The van der Waals surface area contributed by atoms with Crippen molar-refractivity contribution in [3.63, 3.8) is 0 Å². The summed E-state index contributed by atoms with van der Waals surface area (Å²) in [5.74, 6) is -0.523. The summed E-state index contributed by atoms with van der Waals surface area (Å²) in [6, 6.07) is 6.25. The summed E-state index contributed by atoms with van der Waals surface area (Å²) in [6.07, 6.45) is 1.67. The van der Waals surface area contributed by atoms with E-state index in [1.165, 1.54) is 32.4 Å². The van der Waals surface area contributed by atoms with Crippen LogP contribution in [-0.4, -0.2) is 46.7 Å². The van der Waals surface area contributed by atoms with Crippen molar-refractivity contribution in [2.45, 2.75) is 25.9 Å². The van der Waals surface area contributed by atoms with E-state index in [2.05, 4.69) is 15.5 Å². The van der Waals surface area contributed by atoms with Gasteiger partial charge in [-0.05, 0) is 24.6 Å². The first kappa shape index (κ1) is 23.7. The number of anilines is 1. The van der Waals surface area contributed by atoms with Crippen molar-refractivity contribution in [2.24, 2.45) is 5.92 Å². The Kier molecular flexibility index (Phi) is 5.63. The highest BCUT2D eigenvalue weighted by Crippen LogP contribution is 2.53. The van der Waals surface area contributed by atoms with Crippen molar-refractivity contribution >= 4 is 28.9 Å². The topological polar surface area (TPSA) is 133 Å². The van der Waals surface area contributed by atoms with Crippen LogP contribution in [0.25, 0.3) is 11.5 Å². The summed E-state index contributed by atoms with van der Waals surface area (Å²) in [5, 5.41) is 21.2. The number of aromatic nitrogens is 2. The number of allylic oxidation sites excluding steroid dienone is 1. The van der Waals surface area contributed by atoms with Crippen LogP contribution >= 0.6 is 11.6 Å². The molecule has 1 aromatic heterocycles. The predicted octanol–water partition coefficient (Wildman–Crippen LogP) is 4.34. The van der Waals surface area contributed by atoms with Gasteiger partial charge in [-0.2, -0.15) is 0 Å². The number of methoxy groups -OCH3 is 2. The van der Waals surface area contributed by atoms with Crippen molar-refractivity contribution < 1.29 is 33.3 Å². The summed E-state index contributed by atoms with van der Waals surface area (Å²) in [5.41, 5.74) is -0.158. The molecule has 5 rings (SSSR count). The second-order valence-corrected chi connectivity index (χ2v) is 8.97. The number of rotatable bonds is 5. The summed E-state index contributed by atoms with van der Waals surface area (Å²) in [6.45, 7) is 3.41. The lowest BCUT2D eigenvalue weighted by Crippen LogP contribution is -2.55. The molecule has 2 aromatic carbocycles. The maximum Gasteiger partial charge on any atom is 0.251 e. The Morgan fingerprint density at radius 3 is 2.56 bits per heavy atom. The van der Waals surface area contributed by atoms with Gasteiger partial charge in [0.15, 0.2) is 5.75 Å². The highest BCUT2D eigenvalue weighted by Gasteiger charge is 2.60. The molecule has 10 nitrogen and oxygen atoms in total. The molecule has 2 atom stereocenters. The normalized spacial score (nSPS) is 20.7. The van der Waals surface area contributed by atoms with Crippen LogP contribution in [0.15, 0.2) is 40.5 Å². The van der Waals surface area contributed by atoms with Gasteiger partial charge in [-0.1, -0.05) is 18.5 Å². The molecule has 0 bridgehead atoms. The molecule has 1 aliphatic heterocycles. The third kappa shape index (κ3) is 3.48. The van der Waals surface area contributed by atoms with Crippen molar-refractivity contribution in [1.29, 1.82) is 0 Å². The van der Waals surface area contributed by atoms with E-state index in [1.807, 2.05) is 0 Å². The van der Waals surface area contributed by atoms with Gasteiger partial charge in [-0.15, -0.1) is 10.2 Å². The maximum absolute atomic E-state index is 13.6. The number of hydrogen-bond acceptors (Lipinski definition) is 10. The van der Waals surface area contributed by atoms with Crippen molar-refractivity contribution in [3.05, 3.63) is 52.5 Å². The number of phenols is 1. The highest BCUT2D eigenvalue weighted by molar-refractivity contribution is 6.36. The number of halogens is 1. The smallest absolute Gasteiger partial charge is 0.251 e. The molecule has 2 aliphatic rings. The molecule has 0 saturated carbocycles. The van der Waals surface area contributed by atoms with Gasteiger partial charge in [0.2, 0.25) is 23.1 Å². The third-order valence-electron chi connectivity index (χ3n) is 6.37. The number of fused-ring (bicyclic) bond motifs is 1. The van der Waals surface area contributed by atoms with E-state index >= 15 is 0 Å². The molecule has 2 N–H and O–H groups in total. The molecule has 36 heavy (non-hydrogen) atoms. The minimum Gasteiger partial charge on any atom is -0.507 e. The SMILES string of the molecule is COc1cc(OC)c2c(c1Cl)OC1(C(=O)C=C(Nc3ccc(O)c(-c4nnc(C)o4)c3)CC1C)C2=O. The Morgan fingerprint density at radius 1 is 1.17 bits per heavy atom. The van der Waals surface area contributed by atoms with Crippen LogP contribution in [0.2, 0.25) is 5.02 Å². The van der Waals surface area contributed by atoms with Crippen LogP contribution in [0, 0.1) is 12.8 Å². The lowest BCUT2D eigenvalue weighted by Gasteiger charge is -2.35. The molecule has 0 amide bonds. The monoisotopic (exact) mass is 511 g/mol. The first-order valence-corrected chi connectivity index (χ1v) is 11.4. The molecule has 0 fully saturated rings. The quantitative estimate of drug-likeness (QED) is 0.376. The molecule has 3 aromatic rings. The summed E-state index contributed by atoms with van der Waals surface area (Å²) >= 11 is 6.43. The molecular weight excluding hydrogens is 490 g/mol. The minimum absolute atomic E-state index is 0.0332. The molecule has 0 saturated heterocycles. The Labute approximate surface area is 210 Å². The number of ether oxygens (including phenoxy) is 3. The number of Topliss-reactive ketones (excluding diaryl/α,β-unsaturated/α-hetero) is 1. The molecule has 0 radical (unpaired) electrons. The van der Waals surface area contributed by atoms with Crippen LogP contribution in [0.5, 0.6) is 23.0 Å². The number of carbonyl (C=O) groups excluding carboxylic acids is 2. The molecule has 11 heteroatoms. The number of aromatic hydroxyl groups is 1. The second-order valence-electron chi connectivity index (χ2n) is 8.59. The number of nitrogens with zero attached hydrogens (tertiary/aromatic N) is 2. The molecule has 186 valence electrons. The predicted molar refractivity (Wildman–Crippen MR) is 129 cm³/mol. The van der Waals surface area contributed by atoms with Crippen molar-refractivity contribution in [3.8, 4) is 34.5 Å². The molecule has 2 heterocycles. The average Bonchev–Trinajstić information content (AvgIpc) is 3.42. The van der Waals surface area contributed by atoms with Gasteiger partial charge in [0.05, 0.1) is 19.8 Å². The van der Waals surface area contributed by atoms with E-state index in [4.69, 9.17) is 30.2 Å². The van der Waals surface area contributed by atoms with Crippen molar-refractivity contribution in [1.82, 2.24) is 10.2 Å².